The predicted molar refractivity (Wildman–Crippen MR) is 231 cm³/mol. The molecule has 0 saturated heterocycles. The number of hydrogen-bond donors (Lipinski definition) is 0. The molecule has 0 radical (unpaired) electrons. The predicted octanol–water partition coefficient (Wildman–Crippen LogP) is 13.2. The third-order valence-electron chi connectivity index (χ3n) is 11.4. The van der Waals surface area contributed by atoms with Crippen LogP contribution in [0.15, 0.2) is 194 Å². The zero-order valence-electron chi connectivity index (χ0n) is 31.2. The van der Waals surface area contributed by atoms with E-state index in [-0.39, 0.29) is 0 Å². The highest BCUT2D eigenvalue weighted by Crippen LogP contribution is 2.62. The van der Waals surface area contributed by atoms with Crippen molar-refractivity contribution in [1.29, 1.82) is 0 Å². The molecule has 5 nitrogen and oxygen atoms in total. The fraction of sp³-hybridized carbons (Fsp3) is 0.0189. The van der Waals surface area contributed by atoms with Crippen LogP contribution in [0.5, 0.6) is 11.5 Å². The van der Waals surface area contributed by atoms with Crippen LogP contribution in [-0.2, 0) is 5.41 Å². The molecule has 0 saturated carbocycles. The van der Waals surface area contributed by atoms with Gasteiger partial charge in [-0.25, -0.2) is 19.8 Å². The maximum Gasteiger partial charge on any atom is 0.187 e. The Morgan fingerprint density at radius 1 is 0.362 bits per heavy atom. The van der Waals surface area contributed by atoms with Gasteiger partial charge in [0.15, 0.2) is 23.2 Å². The molecule has 1 aromatic heterocycles. The van der Waals surface area contributed by atoms with Crippen LogP contribution in [-0.4, -0.2) is 15.0 Å². The van der Waals surface area contributed by atoms with E-state index in [1.807, 2.05) is 66.7 Å². The number of benzene rings is 8. The van der Waals surface area contributed by atoms with E-state index in [1.54, 1.807) is 0 Å². The Hall–Kier alpha value is -7.94. The zero-order valence-corrected chi connectivity index (χ0v) is 31.2. The minimum absolute atomic E-state index is 0.596. The first kappa shape index (κ1) is 33.4. The van der Waals surface area contributed by atoms with E-state index < -0.39 is 5.41 Å². The van der Waals surface area contributed by atoms with E-state index in [2.05, 4.69) is 132 Å². The van der Waals surface area contributed by atoms with Crippen LogP contribution in [0.25, 0.3) is 72.4 Å². The molecule has 8 aromatic carbocycles. The largest absolute Gasteiger partial charge is 0.457 e. The summed E-state index contributed by atoms with van der Waals surface area (Å²) in [5, 5.41) is 0. The molecular formula is C53H32N4O. The van der Waals surface area contributed by atoms with Crippen LogP contribution in [0, 0.1) is 6.57 Å². The van der Waals surface area contributed by atoms with Crippen molar-refractivity contribution in [3.05, 3.63) is 228 Å². The Labute approximate surface area is 336 Å². The number of rotatable bonds is 5. The van der Waals surface area contributed by atoms with Crippen molar-refractivity contribution in [3.8, 4) is 79.0 Å². The molecule has 1 aliphatic carbocycles. The van der Waals surface area contributed by atoms with Crippen molar-refractivity contribution in [2.45, 2.75) is 5.41 Å². The van der Waals surface area contributed by atoms with Crippen molar-refractivity contribution in [1.82, 2.24) is 15.0 Å². The van der Waals surface area contributed by atoms with Crippen molar-refractivity contribution < 1.29 is 4.74 Å². The van der Waals surface area contributed by atoms with E-state index in [1.165, 1.54) is 22.3 Å². The number of hydrogen-bond acceptors (Lipinski definition) is 4. The maximum absolute atomic E-state index is 7.38. The molecule has 9 aromatic rings. The highest BCUT2D eigenvalue weighted by molar-refractivity contribution is 5.90. The third-order valence-corrected chi connectivity index (χ3v) is 11.4. The molecule has 58 heavy (non-hydrogen) atoms. The highest BCUT2D eigenvalue weighted by Gasteiger charge is 2.51. The fourth-order valence-corrected chi connectivity index (χ4v) is 8.77. The van der Waals surface area contributed by atoms with Crippen molar-refractivity contribution in [2.24, 2.45) is 0 Å². The van der Waals surface area contributed by atoms with E-state index in [0.717, 1.165) is 61.6 Å². The standard InChI is InChI=1S/C53H32N4O/c1-54-41-15-11-14-39(32-41)36-24-22-34(23-25-36)35-26-28-38(29-27-35)51-55-50(37-12-3-2-4-13-37)56-52(57-51)40-30-31-43-42-16-5-6-17-44(42)53(47(43)33-40)45-18-7-9-20-48(45)58-49-21-10-8-19-46(49)53/h2-33H. The molecule has 0 fully saturated rings. The number of fused-ring (bicyclic) bond motifs is 9. The third kappa shape index (κ3) is 5.27. The molecule has 5 heteroatoms. The minimum Gasteiger partial charge on any atom is -0.457 e. The van der Waals surface area contributed by atoms with Crippen molar-refractivity contribution >= 4 is 5.69 Å². The van der Waals surface area contributed by atoms with Gasteiger partial charge in [0.1, 0.15) is 11.5 Å². The summed E-state index contributed by atoms with van der Waals surface area (Å²) in [7, 11) is 0. The molecule has 0 amide bonds. The Morgan fingerprint density at radius 2 is 0.828 bits per heavy atom. The second-order valence-corrected chi connectivity index (χ2v) is 14.6. The first-order valence-corrected chi connectivity index (χ1v) is 19.3. The summed E-state index contributed by atoms with van der Waals surface area (Å²) in [6, 6.07) is 66.9. The van der Waals surface area contributed by atoms with Gasteiger partial charge in [-0.05, 0) is 68.8 Å². The molecular weight excluding hydrogens is 709 g/mol. The van der Waals surface area contributed by atoms with Crippen LogP contribution >= 0.6 is 0 Å². The van der Waals surface area contributed by atoms with Crippen molar-refractivity contribution in [3.63, 3.8) is 0 Å². The summed E-state index contributed by atoms with van der Waals surface area (Å²) < 4.78 is 6.56. The van der Waals surface area contributed by atoms with Gasteiger partial charge in [-0.15, -0.1) is 0 Å². The number of ether oxygens (including phenoxy) is 1. The average molecular weight is 741 g/mol. The van der Waals surface area contributed by atoms with Gasteiger partial charge in [0.05, 0.1) is 12.0 Å². The summed E-state index contributed by atoms with van der Waals surface area (Å²) in [6.45, 7) is 7.38. The molecule has 11 rings (SSSR count). The average Bonchev–Trinajstić information content (AvgIpc) is 3.59. The molecule has 1 aliphatic heterocycles. The van der Waals surface area contributed by atoms with Gasteiger partial charge in [0, 0.05) is 27.8 Å². The highest BCUT2D eigenvalue weighted by atomic mass is 16.5. The molecule has 1 spiro atoms. The number of nitrogens with zero attached hydrogens (tertiary/aromatic N) is 4. The van der Waals surface area contributed by atoms with Gasteiger partial charge in [0.2, 0.25) is 0 Å². The van der Waals surface area contributed by atoms with Gasteiger partial charge in [0.25, 0.3) is 0 Å². The normalized spacial score (nSPS) is 12.7. The van der Waals surface area contributed by atoms with Crippen LogP contribution < -0.4 is 4.74 Å². The second-order valence-electron chi connectivity index (χ2n) is 14.6. The van der Waals surface area contributed by atoms with E-state index in [0.29, 0.717) is 23.2 Å². The molecule has 2 aliphatic rings. The molecule has 0 atom stereocenters. The van der Waals surface area contributed by atoms with Crippen LogP contribution in [0.1, 0.15) is 22.3 Å². The zero-order chi connectivity index (χ0) is 38.6. The molecule has 270 valence electrons. The minimum atomic E-state index is -0.596. The van der Waals surface area contributed by atoms with Crippen LogP contribution in [0.3, 0.4) is 0 Å². The Balaban J connectivity index is 1.03. The summed E-state index contributed by atoms with van der Waals surface area (Å²) >= 11 is 0. The van der Waals surface area contributed by atoms with E-state index in [4.69, 9.17) is 26.3 Å². The monoisotopic (exact) mass is 740 g/mol. The number of aromatic nitrogens is 3. The van der Waals surface area contributed by atoms with Crippen LogP contribution in [0.2, 0.25) is 0 Å². The lowest BCUT2D eigenvalue weighted by atomic mass is 9.66. The summed E-state index contributed by atoms with van der Waals surface area (Å²) in [4.78, 5) is 19.0. The van der Waals surface area contributed by atoms with Gasteiger partial charge in [-0.1, -0.05) is 170 Å². The van der Waals surface area contributed by atoms with Crippen molar-refractivity contribution in [2.75, 3.05) is 0 Å². The fourth-order valence-electron chi connectivity index (χ4n) is 8.77. The summed E-state index contributed by atoms with van der Waals surface area (Å²) in [5.41, 5.74) is 14.1. The topological polar surface area (TPSA) is 52.3 Å². The molecule has 0 bridgehead atoms. The summed E-state index contributed by atoms with van der Waals surface area (Å²) in [6.07, 6.45) is 0. The first-order chi connectivity index (χ1) is 28.7. The van der Waals surface area contributed by atoms with Gasteiger partial charge >= 0.3 is 0 Å². The second kappa shape index (κ2) is 13.4. The first-order valence-electron chi connectivity index (χ1n) is 19.3. The lowest BCUT2D eigenvalue weighted by Crippen LogP contribution is -2.32. The maximum atomic E-state index is 7.38. The van der Waals surface area contributed by atoms with E-state index in [9.17, 15) is 0 Å². The van der Waals surface area contributed by atoms with Crippen LogP contribution in [0.4, 0.5) is 5.69 Å². The molecule has 2 heterocycles. The lowest BCUT2D eigenvalue weighted by Gasteiger charge is -2.39. The Bertz CT molecular complexity index is 3050. The SMILES string of the molecule is [C-]#[N+]c1cccc(-c2ccc(-c3ccc(-c4nc(-c5ccccc5)nc(-c5ccc6c(c5)C5(c7ccccc7Oc7ccccc75)c5ccccc5-6)n4)cc3)cc2)c1. The molecule has 0 N–H and O–H groups in total. The lowest BCUT2D eigenvalue weighted by molar-refractivity contribution is 0.436. The Kier molecular flexibility index (Phi) is 7.70. The number of para-hydroxylation sites is 2. The van der Waals surface area contributed by atoms with Gasteiger partial charge in [-0.3, -0.25) is 0 Å². The Morgan fingerprint density at radius 3 is 1.47 bits per heavy atom. The van der Waals surface area contributed by atoms with Gasteiger partial charge in [-0.2, -0.15) is 0 Å². The van der Waals surface area contributed by atoms with E-state index >= 15 is 0 Å². The smallest absolute Gasteiger partial charge is 0.187 e. The quantitative estimate of drug-likeness (QED) is 0.165. The van der Waals surface area contributed by atoms with Gasteiger partial charge < -0.3 is 4.74 Å². The summed E-state index contributed by atoms with van der Waals surface area (Å²) in [5.74, 6) is 3.53. The molecule has 0 unspecified atom stereocenters.